The van der Waals surface area contributed by atoms with E-state index in [4.69, 9.17) is 4.74 Å². The summed E-state index contributed by atoms with van der Waals surface area (Å²) < 4.78 is 19.2. The Bertz CT molecular complexity index is 965. The fourth-order valence-corrected chi connectivity index (χ4v) is 2.41. The van der Waals surface area contributed by atoms with Crippen molar-refractivity contribution in [1.29, 1.82) is 0 Å². The predicted octanol–water partition coefficient (Wildman–Crippen LogP) is 3.33. The molecule has 1 N–H and O–H groups in total. The average molecular weight is 404 g/mol. The predicted molar refractivity (Wildman–Crippen MR) is 92.6 cm³/mol. The molecule has 8 heteroatoms. The van der Waals surface area contributed by atoms with Crippen LogP contribution in [-0.2, 0) is 9.53 Å². The minimum absolute atomic E-state index is 0.00484. The molecule has 126 valence electrons. The molecule has 1 heterocycles. The second kappa shape index (κ2) is 7.35. The van der Waals surface area contributed by atoms with Crippen molar-refractivity contribution in [2.24, 2.45) is 0 Å². The van der Waals surface area contributed by atoms with E-state index in [2.05, 4.69) is 31.2 Å². The molecule has 0 atom stereocenters. The Balaban J connectivity index is 1.61. The molecule has 0 fully saturated rings. The molecule has 1 amide bonds. The fraction of sp³-hybridized carbons (Fsp3) is 0.0588. The Morgan fingerprint density at radius 2 is 1.84 bits per heavy atom. The topological polar surface area (TPSA) is 81.2 Å². The van der Waals surface area contributed by atoms with E-state index in [9.17, 15) is 14.0 Å². The number of carbonyl (C=O) groups is 2. The van der Waals surface area contributed by atoms with Gasteiger partial charge in [0.15, 0.2) is 6.61 Å². The number of aromatic nitrogens is 2. The normalized spacial score (nSPS) is 10.5. The van der Waals surface area contributed by atoms with Crippen LogP contribution in [0.1, 0.15) is 10.4 Å². The Kier molecular flexibility index (Phi) is 4.99. The molecule has 2 aromatic carbocycles. The number of nitrogens with one attached hydrogen (secondary N) is 1. The molecule has 0 unspecified atom stereocenters. The van der Waals surface area contributed by atoms with Gasteiger partial charge in [0.1, 0.15) is 5.82 Å². The number of hydrogen-bond acceptors (Lipinski definition) is 5. The zero-order valence-electron chi connectivity index (χ0n) is 12.7. The number of benzene rings is 2. The van der Waals surface area contributed by atoms with Crippen LogP contribution in [0.15, 0.2) is 53.3 Å². The first-order chi connectivity index (χ1) is 12.0. The van der Waals surface area contributed by atoms with Gasteiger partial charge in [-0.1, -0.05) is 15.9 Å². The van der Waals surface area contributed by atoms with Crippen molar-refractivity contribution in [3.63, 3.8) is 0 Å². The van der Waals surface area contributed by atoms with Gasteiger partial charge in [-0.15, -0.1) is 0 Å². The number of anilines is 1. The number of amides is 1. The zero-order chi connectivity index (χ0) is 17.8. The minimum atomic E-state index is -0.681. The molecule has 3 aromatic rings. The van der Waals surface area contributed by atoms with Gasteiger partial charge in [-0.05, 0) is 36.4 Å². The van der Waals surface area contributed by atoms with Crippen molar-refractivity contribution < 1.29 is 18.7 Å². The lowest BCUT2D eigenvalue weighted by molar-refractivity contribution is -0.119. The maximum atomic E-state index is 13.7. The maximum Gasteiger partial charge on any atom is 0.338 e. The van der Waals surface area contributed by atoms with Gasteiger partial charge in [-0.2, -0.15) is 0 Å². The number of carbonyl (C=O) groups excluding carboxylic acids is 2. The van der Waals surface area contributed by atoms with Crippen molar-refractivity contribution in [2.75, 3.05) is 11.9 Å². The van der Waals surface area contributed by atoms with Crippen molar-refractivity contribution in [1.82, 2.24) is 9.97 Å². The lowest BCUT2D eigenvalue weighted by Crippen LogP contribution is -2.21. The first-order valence-corrected chi connectivity index (χ1v) is 7.95. The highest BCUT2D eigenvalue weighted by Crippen LogP contribution is 2.19. The summed E-state index contributed by atoms with van der Waals surface area (Å²) >= 11 is 3.12. The zero-order valence-corrected chi connectivity index (χ0v) is 14.3. The van der Waals surface area contributed by atoms with Gasteiger partial charge in [0.05, 0.1) is 22.3 Å². The number of ether oxygens (including phenoxy) is 1. The summed E-state index contributed by atoms with van der Waals surface area (Å²) in [6.07, 6.45) is 3.06. The molecule has 0 saturated heterocycles. The lowest BCUT2D eigenvalue weighted by atomic mass is 10.2. The summed E-state index contributed by atoms with van der Waals surface area (Å²) in [5.41, 5.74) is 1.43. The molecule has 0 spiro atoms. The van der Waals surface area contributed by atoms with Crippen LogP contribution >= 0.6 is 15.9 Å². The summed E-state index contributed by atoms with van der Waals surface area (Å²) in [6.45, 7) is -0.535. The van der Waals surface area contributed by atoms with Crippen LogP contribution < -0.4 is 5.32 Å². The number of hydrogen-bond donors (Lipinski definition) is 1. The van der Waals surface area contributed by atoms with Crippen molar-refractivity contribution >= 4 is 44.5 Å². The van der Waals surface area contributed by atoms with E-state index in [0.717, 1.165) is 0 Å². The largest absolute Gasteiger partial charge is 0.452 e. The van der Waals surface area contributed by atoms with E-state index in [1.165, 1.54) is 30.5 Å². The van der Waals surface area contributed by atoms with Crippen molar-refractivity contribution in [3.8, 4) is 0 Å². The minimum Gasteiger partial charge on any atom is -0.452 e. The number of fused-ring (bicyclic) bond motifs is 1. The third-order valence-corrected chi connectivity index (χ3v) is 3.74. The Morgan fingerprint density at radius 3 is 2.60 bits per heavy atom. The standard InChI is InChI=1S/C17H11BrFN3O3/c18-11-2-4-13(12(19)8-11)22-16(23)9-25-17(24)10-1-3-14-15(7-10)21-6-5-20-14/h1-8H,9H2,(H,22,23). The summed E-state index contributed by atoms with van der Waals surface area (Å²) in [4.78, 5) is 32.0. The quantitative estimate of drug-likeness (QED) is 0.675. The first kappa shape index (κ1) is 17.0. The molecule has 0 bridgehead atoms. The Morgan fingerprint density at radius 1 is 1.08 bits per heavy atom. The van der Waals surface area contributed by atoms with Crippen LogP contribution in [0, 0.1) is 5.82 Å². The highest BCUT2D eigenvalue weighted by molar-refractivity contribution is 9.10. The number of halogens is 2. The van der Waals surface area contributed by atoms with Crippen LogP contribution in [0.2, 0.25) is 0 Å². The summed E-state index contributed by atoms with van der Waals surface area (Å²) in [7, 11) is 0. The van der Waals surface area contributed by atoms with E-state index < -0.39 is 24.3 Å². The highest BCUT2D eigenvalue weighted by atomic mass is 79.9. The van der Waals surface area contributed by atoms with Crippen molar-refractivity contribution in [2.45, 2.75) is 0 Å². The average Bonchev–Trinajstić information content (AvgIpc) is 2.61. The maximum absolute atomic E-state index is 13.7. The Hall–Kier alpha value is -2.87. The van der Waals surface area contributed by atoms with Gasteiger partial charge in [0.2, 0.25) is 0 Å². The van der Waals surface area contributed by atoms with Crippen LogP contribution in [0.5, 0.6) is 0 Å². The lowest BCUT2D eigenvalue weighted by Gasteiger charge is -2.08. The monoisotopic (exact) mass is 403 g/mol. The van der Waals surface area contributed by atoms with Gasteiger partial charge in [-0.3, -0.25) is 14.8 Å². The van der Waals surface area contributed by atoms with Crippen molar-refractivity contribution in [3.05, 3.63) is 64.6 Å². The number of esters is 1. The summed E-state index contributed by atoms with van der Waals surface area (Å²) in [5.74, 6) is -1.92. The van der Waals surface area contributed by atoms with Crippen LogP contribution in [0.4, 0.5) is 10.1 Å². The van der Waals surface area contributed by atoms with Crippen LogP contribution in [-0.4, -0.2) is 28.5 Å². The molecule has 6 nitrogen and oxygen atoms in total. The molecule has 3 rings (SSSR count). The van der Waals surface area contributed by atoms with Crippen LogP contribution in [0.25, 0.3) is 11.0 Å². The van der Waals surface area contributed by atoms with Crippen LogP contribution in [0.3, 0.4) is 0 Å². The van der Waals surface area contributed by atoms with Gasteiger partial charge >= 0.3 is 5.97 Å². The van der Waals surface area contributed by atoms with Gasteiger partial charge in [0, 0.05) is 16.9 Å². The van der Waals surface area contributed by atoms with Gasteiger partial charge in [-0.25, -0.2) is 9.18 Å². The third-order valence-electron chi connectivity index (χ3n) is 3.24. The number of nitrogens with zero attached hydrogens (tertiary/aromatic N) is 2. The van der Waals surface area contributed by atoms with E-state index in [0.29, 0.717) is 15.5 Å². The molecular weight excluding hydrogens is 393 g/mol. The van der Waals surface area contributed by atoms with Gasteiger partial charge < -0.3 is 10.1 Å². The molecule has 1 aromatic heterocycles. The van der Waals surface area contributed by atoms with E-state index in [-0.39, 0.29) is 11.3 Å². The highest BCUT2D eigenvalue weighted by Gasteiger charge is 2.13. The molecule has 0 radical (unpaired) electrons. The fourth-order valence-electron chi connectivity index (χ4n) is 2.08. The van der Waals surface area contributed by atoms with E-state index in [1.54, 1.807) is 18.3 Å². The number of rotatable bonds is 4. The summed E-state index contributed by atoms with van der Waals surface area (Å²) in [6, 6.07) is 8.90. The second-order valence-electron chi connectivity index (χ2n) is 5.01. The second-order valence-corrected chi connectivity index (χ2v) is 5.92. The molecule has 0 aliphatic rings. The van der Waals surface area contributed by atoms with Gasteiger partial charge in [0.25, 0.3) is 5.91 Å². The van der Waals surface area contributed by atoms with E-state index >= 15 is 0 Å². The molecule has 25 heavy (non-hydrogen) atoms. The molecular formula is C17H11BrFN3O3. The SMILES string of the molecule is O=C(COC(=O)c1ccc2nccnc2c1)Nc1ccc(Br)cc1F. The molecule has 0 aliphatic carbocycles. The molecule has 0 saturated carbocycles. The smallest absolute Gasteiger partial charge is 0.338 e. The molecule has 0 aliphatic heterocycles. The van der Waals surface area contributed by atoms with E-state index in [1.807, 2.05) is 0 Å². The first-order valence-electron chi connectivity index (χ1n) is 7.16. The summed E-state index contributed by atoms with van der Waals surface area (Å²) in [5, 5.41) is 2.34. The Labute approximate surface area is 150 Å². The third kappa shape index (κ3) is 4.16.